The summed E-state index contributed by atoms with van der Waals surface area (Å²) in [5.41, 5.74) is 2.29. The summed E-state index contributed by atoms with van der Waals surface area (Å²) in [7, 11) is 0. The van der Waals surface area contributed by atoms with Gasteiger partial charge >= 0.3 is 6.01 Å². The van der Waals surface area contributed by atoms with Crippen LogP contribution in [0.3, 0.4) is 0 Å². The maximum absolute atomic E-state index is 11.8. The topological polar surface area (TPSA) is 53.4 Å². The lowest BCUT2D eigenvalue weighted by atomic mass is 9.60. The highest BCUT2D eigenvalue weighted by Gasteiger charge is 2.39. The first-order valence-corrected chi connectivity index (χ1v) is 11.5. The Morgan fingerprint density at radius 3 is 2.35 bits per heavy atom. The summed E-state index contributed by atoms with van der Waals surface area (Å²) in [5.74, 6) is 1.44. The number of aryl methyl sites for hydroxylation is 1. The van der Waals surface area contributed by atoms with Crippen molar-refractivity contribution in [1.82, 2.24) is 9.55 Å². The van der Waals surface area contributed by atoms with Crippen molar-refractivity contribution < 1.29 is 9.47 Å². The van der Waals surface area contributed by atoms with Gasteiger partial charge in [0.2, 0.25) is 0 Å². The van der Waals surface area contributed by atoms with Crippen molar-refractivity contribution >= 4 is 0 Å². The van der Waals surface area contributed by atoms with Crippen LogP contribution in [0.2, 0.25) is 0 Å². The Kier molecular flexibility index (Phi) is 5.43. The zero-order valence-electron chi connectivity index (χ0n) is 19.8. The van der Waals surface area contributed by atoms with Crippen molar-refractivity contribution in [3.05, 3.63) is 51.9 Å². The van der Waals surface area contributed by atoms with E-state index in [4.69, 9.17) is 9.47 Å². The molecule has 5 nitrogen and oxygen atoms in total. The Hall–Kier alpha value is -2.30. The summed E-state index contributed by atoms with van der Waals surface area (Å²) >= 11 is 0. The SMILES string of the molecule is CCc1cc(=O)nc2n1C[C@](C)(COc1ccc(C3CC(C)(C)CC(C)(C)C3)cc1)O2. The minimum absolute atomic E-state index is 0.252. The summed E-state index contributed by atoms with van der Waals surface area (Å²) < 4.78 is 14.1. The molecule has 1 aromatic carbocycles. The quantitative estimate of drug-likeness (QED) is 0.649. The maximum atomic E-state index is 11.8. The van der Waals surface area contributed by atoms with E-state index in [1.54, 1.807) is 6.07 Å². The van der Waals surface area contributed by atoms with Crippen LogP contribution >= 0.6 is 0 Å². The van der Waals surface area contributed by atoms with E-state index in [1.165, 1.54) is 24.8 Å². The van der Waals surface area contributed by atoms with Crippen molar-refractivity contribution in [2.24, 2.45) is 10.8 Å². The van der Waals surface area contributed by atoms with E-state index in [1.807, 2.05) is 18.4 Å². The molecule has 0 amide bonds. The highest BCUT2D eigenvalue weighted by molar-refractivity contribution is 5.30. The number of hydrogen-bond donors (Lipinski definition) is 0. The molecule has 2 aromatic rings. The van der Waals surface area contributed by atoms with Gasteiger partial charge in [-0.25, -0.2) is 0 Å². The maximum Gasteiger partial charge on any atom is 0.300 e. The zero-order chi connectivity index (χ0) is 22.4. The summed E-state index contributed by atoms with van der Waals surface area (Å²) in [4.78, 5) is 15.8. The van der Waals surface area contributed by atoms with Crippen LogP contribution in [-0.4, -0.2) is 21.8 Å². The number of benzene rings is 1. The molecular weight excluding hydrogens is 388 g/mol. The van der Waals surface area contributed by atoms with Crippen molar-refractivity contribution in [1.29, 1.82) is 0 Å². The van der Waals surface area contributed by atoms with Gasteiger partial charge in [0, 0.05) is 11.8 Å². The molecule has 0 spiro atoms. The Morgan fingerprint density at radius 2 is 1.74 bits per heavy atom. The first-order valence-electron chi connectivity index (χ1n) is 11.5. The van der Waals surface area contributed by atoms with Gasteiger partial charge in [0.05, 0.1) is 6.54 Å². The predicted molar refractivity (Wildman–Crippen MR) is 123 cm³/mol. The van der Waals surface area contributed by atoms with Crippen molar-refractivity contribution in [3.63, 3.8) is 0 Å². The molecule has 4 rings (SSSR count). The molecule has 1 fully saturated rings. The molecule has 0 saturated heterocycles. The Labute approximate surface area is 185 Å². The van der Waals surface area contributed by atoms with Crippen molar-refractivity contribution in [2.45, 2.75) is 85.3 Å². The van der Waals surface area contributed by atoms with Crippen LogP contribution in [0.5, 0.6) is 11.8 Å². The monoisotopic (exact) mass is 424 g/mol. The molecule has 1 aliphatic carbocycles. The Bertz CT molecular complexity index is 990. The first kappa shape index (κ1) is 21.9. The van der Waals surface area contributed by atoms with E-state index < -0.39 is 5.60 Å². The molecule has 2 aliphatic rings. The Morgan fingerprint density at radius 1 is 1.10 bits per heavy atom. The predicted octanol–water partition coefficient (Wildman–Crippen LogP) is 5.36. The van der Waals surface area contributed by atoms with Gasteiger partial charge in [-0.3, -0.25) is 9.36 Å². The van der Waals surface area contributed by atoms with Crippen LogP contribution in [0.15, 0.2) is 35.1 Å². The van der Waals surface area contributed by atoms with Gasteiger partial charge < -0.3 is 9.47 Å². The summed E-state index contributed by atoms with van der Waals surface area (Å²) in [6.45, 7) is 14.6. The third-order valence-corrected chi connectivity index (χ3v) is 6.72. The number of nitrogens with zero attached hydrogens (tertiary/aromatic N) is 2. The van der Waals surface area contributed by atoms with Gasteiger partial charge in [0.25, 0.3) is 5.56 Å². The fraction of sp³-hybridized carbons (Fsp3) is 0.615. The average molecular weight is 425 g/mol. The van der Waals surface area contributed by atoms with E-state index in [9.17, 15) is 4.79 Å². The Balaban J connectivity index is 1.42. The van der Waals surface area contributed by atoms with Crippen LogP contribution in [0.4, 0.5) is 0 Å². The van der Waals surface area contributed by atoms with E-state index in [0.29, 0.717) is 35.9 Å². The molecule has 168 valence electrons. The molecule has 1 aromatic heterocycles. The zero-order valence-corrected chi connectivity index (χ0v) is 19.8. The molecule has 0 N–H and O–H groups in total. The van der Waals surface area contributed by atoms with Gasteiger partial charge in [0.1, 0.15) is 12.4 Å². The summed E-state index contributed by atoms with van der Waals surface area (Å²) in [6, 6.07) is 10.6. The average Bonchev–Trinajstić information content (AvgIpc) is 3.00. The molecular formula is C26H36N2O3. The van der Waals surface area contributed by atoms with E-state index >= 15 is 0 Å². The number of ether oxygens (including phenoxy) is 2. The molecule has 5 heteroatoms. The van der Waals surface area contributed by atoms with Crippen LogP contribution in [0, 0.1) is 10.8 Å². The largest absolute Gasteiger partial charge is 0.489 e. The minimum atomic E-state index is -0.548. The molecule has 0 bridgehead atoms. The lowest BCUT2D eigenvalue weighted by molar-refractivity contribution is 0.0507. The summed E-state index contributed by atoms with van der Waals surface area (Å²) in [6.07, 6.45) is 4.50. The fourth-order valence-electron chi connectivity index (χ4n) is 5.89. The van der Waals surface area contributed by atoms with Gasteiger partial charge in [-0.05, 0) is 67.1 Å². The third kappa shape index (κ3) is 4.81. The standard InChI is InChI=1S/C26H36N2O3/c1-7-20-12-22(29)27-23-28(20)16-26(6,31-23)17-30-21-10-8-18(9-11-21)19-13-24(2,3)15-25(4,5)14-19/h8-12,19H,7,13-17H2,1-6H3/t26-/m1/s1. The number of fused-ring (bicyclic) bond motifs is 1. The van der Waals surface area contributed by atoms with E-state index in [0.717, 1.165) is 17.9 Å². The first-order chi connectivity index (χ1) is 14.5. The van der Waals surface area contributed by atoms with Crippen LogP contribution in [0.25, 0.3) is 0 Å². The normalized spacial score (nSPS) is 24.5. The lowest BCUT2D eigenvalue weighted by Gasteiger charge is -2.45. The molecule has 1 atom stereocenters. The number of hydrogen-bond acceptors (Lipinski definition) is 4. The van der Waals surface area contributed by atoms with Crippen molar-refractivity contribution in [2.75, 3.05) is 6.61 Å². The molecule has 0 radical (unpaired) electrons. The third-order valence-electron chi connectivity index (χ3n) is 6.72. The molecule has 1 aliphatic heterocycles. The highest BCUT2D eigenvalue weighted by Crippen LogP contribution is 2.51. The molecule has 31 heavy (non-hydrogen) atoms. The van der Waals surface area contributed by atoms with Crippen LogP contribution in [-0.2, 0) is 13.0 Å². The van der Waals surface area contributed by atoms with Crippen LogP contribution in [0.1, 0.15) is 78.0 Å². The van der Waals surface area contributed by atoms with Crippen LogP contribution < -0.4 is 15.0 Å². The second-order valence-electron chi connectivity index (χ2n) is 11.3. The highest BCUT2D eigenvalue weighted by atomic mass is 16.6. The van der Waals surface area contributed by atoms with Gasteiger partial charge in [-0.2, -0.15) is 4.98 Å². The minimum Gasteiger partial charge on any atom is -0.489 e. The summed E-state index contributed by atoms with van der Waals surface area (Å²) in [5, 5.41) is 0. The molecule has 0 unspecified atom stereocenters. The molecule has 2 heterocycles. The smallest absolute Gasteiger partial charge is 0.300 e. The second kappa shape index (κ2) is 7.68. The van der Waals surface area contributed by atoms with Gasteiger partial charge in [-0.1, -0.05) is 46.8 Å². The van der Waals surface area contributed by atoms with Gasteiger partial charge in [0.15, 0.2) is 5.60 Å². The second-order valence-corrected chi connectivity index (χ2v) is 11.3. The van der Waals surface area contributed by atoms with E-state index in [-0.39, 0.29) is 5.56 Å². The van der Waals surface area contributed by atoms with Gasteiger partial charge in [-0.15, -0.1) is 0 Å². The number of rotatable bonds is 5. The van der Waals surface area contributed by atoms with Crippen molar-refractivity contribution in [3.8, 4) is 11.8 Å². The van der Waals surface area contributed by atoms with E-state index in [2.05, 4.69) is 56.9 Å². The fourth-order valence-corrected chi connectivity index (χ4v) is 5.89. The molecule has 1 saturated carbocycles. The lowest BCUT2D eigenvalue weighted by Crippen LogP contribution is -2.38. The number of aromatic nitrogens is 2.